The molecule has 0 atom stereocenters. The zero-order chi connectivity index (χ0) is 13.8. The third-order valence-corrected chi connectivity index (χ3v) is 3.02. The zero-order valence-electron chi connectivity index (χ0n) is 10.3. The number of hydrogen-bond acceptors (Lipinski definition) is 3. The summed E-state index contributed by atoms with van der Waals surface area (Å²) in [6, 6.07) is 6.53. The van der Waals surface area contributed by atoms with Crippen molar-refractivity contribution in [2.75, 3.05) is 0 Å². The summed E-state index contributed by atoms with van der Waals surface area (Å²) in [4.78, 5) is 14.8. The largest absolute Gasteiger partial charge is 0.489 e. The zero-order valence-corrected chi connectivity index (χ0v) is 11.0. The van der Waals surface area contributed by atoms with Gasteiger partial charge in [0.1, 0.15) is 12.4 Å². The lowest BCUT2D eigenvalue weighted by Crippen LogP contribution is -2.01. The Labute approximate surface area is 115 Å². The SMILES string of the molecule is Cc1ccc(C(=O)O)cc1OCc1ccncc1Cl. The van der Waals surface area contributed by atoms with Crippen molar-refractivity contribution in [1.82, 2.24) is 4.98 Å². The molecule has 0 unspecified atom stereocenters. The minimum atomic E-state index is -0.980. The van der Waals surface area contributed by atoms with Gasteiger partial charge in [-0.1, -0.05) is 17.7 Å². The first-order valence-corrected chi connectivity index (χ1v) is 6.01. The van der Waals surface area contributed by atoms with Crippen LogP contribution in [0.15, 0.2) is 36.7 Å². The second-order valence-electron chi connectivity index (χ2n) is 4.04. The molecule has 0 aliphatic rings. The predicted molar refractivity (Wildman–Crippen MR) is 71.7 cm³/mol. The second-order valence-corrected chi connectivity index (χ2v) is 4.45. The predicted octanol–water partition coefficient (Wildman–Crippen LogP) is 3.32. The Balaban J connectivity index is 2.17. The summed E-state index contributed by atoms with van der Waals surface area (Å²) in [5.74, 6) is -0.445. The quantitative estimate of drug-likeness (QED) is 0.931. The minimum absolute atomic E-state index is 0.196. The molecular formula is C14H12ClNO3. The van der Waals surface area contributed by atoms with E-state index in [9.17, 15) is 4.79 Å². The van der Waals surface area contributed by atoms with Crippen LogP contribution in [0.3, 0.4) is 0 Å². The highest BCUT2D eigenvalue weighted by molar-refractivity contribution is 6.31. The Morgan fingerprint density at radius 3 is 2.89 bits per heavy atom. The summed E-state index contributed by atoms with van der Waals surface area (Å²) >= 11 is 5.98. The third kappa shape index (κ3) is 3.23. The second kappa shape index (κ2) is 5.71. The van der Waals surface area contributed by atoms with Gasteiger partial charge in [0.25, 0.3) is 0 Å². The number of benzene rings is 1. The van der Waals surface area contributed by atoms with E-state index >= 15 is 0 Å². The van der Waals surface area contributed by atoms with E-state index in [0.717, 1.165) is 11.1 Å². The Hall–Kier alpha value is -2.07. The standard InChI is InChI=1S/C14H12ClNO3/c1-9-2-3-10(14(17)18)6-13(9)19-8-11-4-5-16-7-12(11)15/h2-7H,8H2,1H3,(H,17,18). The molecule has 1 N–H and O–H groups in total. The van der Waals surface area contributed by atoms with Gasteiger partial charge in [-0.15, -0.1) is 0 Å². The average Bonchev–Trinajstić information content (AvgIpc) is 2.39. The number of pyridine rings is 1. The van der Waals surface area contributed by atoms with Crippen molar-refractivity contribution >= 4 is 17.6 Å². The van der Waals surface area contributed by atoms with Crippen molar-refractivity contribution in [2.24, 2.45) is 0 Å². The van der Waals surface area contributed by atoms with E-state index in [1.807, 2.05) is 6.92 Å². The van der Waals surface area contributed by atoms with E-state index in [4.69, 9.17) is 21.4 Å². The summed E-state index contributed by atoms with van der Waals surface area (Å²) in [6.07, 6.45) is 3.17. The summed E-state index contributed by atoms with van der Waals surface area (Å²) in [5.41, 5.74) is 1.87. The number of carboxylic acid groups (broad SMARTS) is 1. The van der Waals surface area contributed by atoms with Crippen molar-refractivity contribution in [3.8, 4) is 5.75 Å². The molecule has 0 saturated heterocycles. The van der Waals surface area contributed by atoms with Crippen LogP contribution in [0.2, 0.25) is 5.02 Å². The molecule has 0 spiro atoms. The first kappa shape index (κ1) is 13.4. The lowest BCUT2D eigenvalue weighted by Gasteiger charge is -2.10. The first-order chi connectivity index (χ1) is 9.08. The molecule has 19 heavy (non-hydrogen) atoms. The molecule has 0 saturated carbocycles. The van der Waals surface area contributed by atoms with E-state index < -0.39 is 5.97 Å². The molecule has 1 aromatic heterocycles. The average molecular weight is 278 g/mol. The lowest BCUT2D eigenvalue weighted by atomic mass is 10.1. The van der Waals surface area contributed by atoms with Gasteiger partial charge in [0.15, 0.2) is 0 Å². The van der Waals surface area contributed by atoms with E-state index in [1.165, 1.54) is 6.07 Å². The normalized spacial score (nSPS) is 10.2. The van der Waals surface area contributed by atoms with Gasteiger partial charge in [-0.3, -0.25) is 4.98 Å². The fourth-order valence-electron chi connectivity index (χ4n) is 1.57. The van der Waals surface area contributed by atoms with Crippen LogP contribution in [-0.2, 0) is 6.61 Å². The smallest absolute Gasteiger partial charge is 0.335 e. The number of aryl methyl sites for hydroxylation is 1. The number of aromatic carboxylic acids is 1. The lowest BCUT2D eigenvalue weighted by molar-refractivity contribution is 0.0696. The van der Waals surface area contributed by atoms with Gasteiger partial charge in [0, 0.05) is 18.0 Å². The van der Waals surface area contributed by atoms with Gasteiger partial charge in [-0.2, -0.15) is 0 Å². The first-order valence-electron chi connectivity index (χ1n) is 5.63. The maximum absolute atomic E-state index is 10.9. The highest BCUT2D eigenvalue weighted by Gasteiger charge is 2.08. The highest BCUT2D eigenvalue weighted by Crippen LogP contribution is 2.22. The van der Waals surface area contributed by atoms with Gasteiger partial charge in [0.05, 0.1) is 10.6 Å². The number of ether oxygens (including phenoxy) is 1. The number of rotatable bonds is 4. The molecule has 2 aromatic rings. The topological polar surface area (TPSA) is 59.4 Å². The van der Waals surface area contributed by atoms with Crippen molar-refractivity contribution in [3.05, 3.63) is 58.4 Å². The van der Waals surface area contributed by atoms with Crippen molar-refractivity contribution < 1.29 is 14.6 Å². The van der Waals surface area contributed by atoms with Crippen LogP contribution < -0.4 is 4.74 Å². The minimum Gasteiger partial charge on any atom is -0.489 e. The molecule has 0 aliphatic carbocycles. The molecule has 2 rings (SSSR count). The van der Waals surface area contributed by atoms with Crippen LogP contribution in [0.1, 0.15) is 21.5 Å². The van der Waals surface area contributed by atoms with E-state index in [-0.39, 0.29) is 12.2 Å². The van der Waals surface area contributed by atoms with Crippen LogP contribution in [0.25, 0.3) is 0 Å². The molecule has 5 heteroatoms. The molecule has 1 heterocycles. The van der Waals surface area contributed by atoms with Crippen LogP contribution in [0.5, 0.6) is 5.75 Å². The van der Waals surface area contributed by atoms with E-state index in [0.29, 0.717) is 10.8 Å². The summed E-state index contributed by atoms with van der Waals surface area (Å²) in [6.45, 7) is 2.13. The molecular weight excluding hydrogens is 266 g/mol. The summed E-state index contributed by atoms with van der Waals surface area (Å²) in [7, 11) is 0. The number of halogens is 1. The Morgan fingerprint density at radius 2 is 2.21 bits per heavy atom. The molecule has 0 aliphatic heterocycles. The van der Waals surface area contributed by atoms with Gasteiger partial charge >= 0.3 is 5.97 Å². The molecule has 0 amide bonds. The number of nitrogens with zero attached hydrogens (tertiary/aromatic N) is 1. The maximum Gasteiger partial charge on any atom is 0.335 e. The molecule has 4 nitrogen and oxygen atoms in total. The fraction of sp³-hybridized carbons (Fsp3) is 0.143. The van der Waals surface area contributed by atoms with Gasteiger partial charge < -0.3 is 9.84 Å². The Kier molecular flexibility index (Phi) is 4.02. The number of carboxylic acids is 1. The van der Waals surface area contributed by atoms with Crippen molar-refractivity contribution in [2.45, 2.75) is 13.5 Å². The fourth-order valence-corrected chi connectivity index (χ4v) is 1.74. The number of hydrogen-bond donors (Lipinski definition) is 1. The monoisotopic (exact) mass is 277 g/mol. The van der Waals surface area contributed by atoms with Crippen LogP contribution in [0.4, 0.5) is 0 Å². The van der Waals surface area contributed by atoms with Crippen molar-refractivity contribution in [3.63, 3.8) is 0 Å². The maximum atomic E-state index is 10.9. The summed E-state index contributed by atoms with van der Waals surface area (Å²) in [5, 5.41) is 9.47. The van der Waals surface area contributed by atoms with E-state index in [2.05, 4.69) is 4.98 Å². The number of aromatic nitrogens is 1. The molecule has 0 bridgehead atoms. The number of carbonyl (C=O) groups is 1. The van der Waals surface area contributed by atoms with Crippen LogP contribution >= 0.6 is 11.6 Å². The highest BCUT2D eigenvalue weighted by atomic mass is 35.5. The van der Waals surface area contributed by atoms with Crippen LogP contribution in [-0.4, -0.2) is 16.1 Å². The van der Waals surface area contributed by atoms with E-state index in [1.54, 1.807) is 30.6 Å². The summed E-state index contributed by atoms with van der Waals surface area (Å²) < 4.78 is 5.62. The molecule has 98 valence electrons. The van der Waals surface area contributed by atoms with Crippen molar-refractivity contribution in [1.29, 1.82) is 0 Å². The molecule has 0 fully saturated rings. The van der Waals surface area contributed by atoms with Gasteiger partial charge in [0.2, 0.25) is 0 Å². The Morgan fingerprint density at radius 1 is 1.42 bits per heavy atom. The molecule has 0 radical (unpaired) electrons. The van der Waals surface area contributed by atoms with Gasteiger partial charge in [-0.05, 0) is 30.7 Å². The van der Waals surface area contributed by atoms with Gasteiger partial charge in [-0.25, -0.2) is 4.79 Å². The molecule has 1 aromatic carbocycles. The Bertz CT molecular complexity index is 613. The van der Waals surface area contributed by atoms with Crippen LogP contribution in [0, 0.1) is 6.92 Å². The third-order valence-electron chi connectivity index (χ3n) is 2.67.